The Balaban J connectivity index is 2.71. The van der Waals surface area contributed by atoms with Crippen molar-refractivity contribution in [1.29, 1.82) is 0 Å². The van der Waals surface area contributed by atoms with Gasteiger partial charge >= 0.3 is 0 Å². The maximum absolute atomic E-state index is 11.8. The second kappa shape index (κ2) is 6.64. The average molecular weight is 267 g/mol. The molecule has 0 spiro atoms. The number of likely N-dealkylation sites (N-methyl/N-ethyl adjacent to an activating group) is 1. The van der Waals surface area contributed by atoms with Gasteiger partial charge < -0.3 is 16.0 Å². The van der Waals surface area contributed by atoms with Crippen LogP contribution in [0.4, 0.5) is 11.5 Å². The zero-order valence-corrected chi connectivity index (χ0v) is 10.9. The number of nitrogens with zero attached hydrogens (tertiary/aromatic N) is 3. The standard InChI is InChI=1S/C11H17N5O3/c1-3-15(2)5-4-13-11(17)9-6-8(16(18)19)7-14-10(9)12/h6-7H,3-5H2,1-2H3,(H2,12,14)(H,13,17). The highest BCUT2D eigenvalue weighted by atomic mass is 16.6. The molecule has 1 amide bonds. The van der Waals surface area contributed by atoms with Crippen LogP contribution >= 0.6 is 0 Å². The summed E-state index contributed by atoms with van der Waals surface area (Å²) in [7, 11) is 1.93. The third-order valence-electron chi connectivity index (χ3n) is 2.68. The van der Waals surface area contributed by atoms with Crippen molar-refractivity contribution in [2.75, 3.05) is 32.4 Å². The van der Waals surface area contributed by atoms with Crippen molar-refractivity contribution in [3.8, 4) is 0 Å². The molecule has 0 atom stereocenters. The number of anilines is 1. The van der Waals surface area contributed by atoms with E-state index in [9.17, 15) is 14.9 Å². The highest BCUT2D eigenvalue weighted by Gasteiger charge is 2.16. The second-order valence-electron chi connectivity index (χ2n) is 4.04. The Morgan fingerprint density at radius 3 is 2.89 bits per heavy atom. The predicted octanol–water partition coefficient (Wildman–Crippen LogP) is 0.254. The van der Waals surface area contributed by atoms with Crippen LogP contribution in [0.1, 0.15) is 17.3 Å². The average Bonchev–Trinajstić information content (AvgIpc) is 2.38. The summed E-state index contributed by atoms with van der Waals surface area (Å²) >= 11 is 0. The minimum Gasteiger partial charge on any atom is -0.383 e. The minimum absolute atomic E-state index is 0.0213. The number of nitrogens with two attached hydrogens (primary N) is 1. The summed E-state index contributed by atoms with van der Waals surface area (Å²) in [5.74, 6) is -0.481. The highest BCUT2D eigenvalue weighted by molar-refractivity contribution is 5.98. The molecule has 1 rings (SSSR count). The summed E-state index contributed by atoms with van der Waals surface area (Å²) in [6, 6.07) is 1.13. The van der Waals surface area contributed by atoms with E-state index in [1.54, 1.807) is 0 Å². The molecule has 1 heterocycles. The zero-order valence-electron chi connectivity index (χ0n) is 10.9. The fourth-order valence-electron chi connectivity index (χ4n) is 1.36. The van der Waals surface area contributed by atoms with E-state index >= 15 is 0 Å². The molecular formula is C11H17N5O3. The van der Waals surface area contributed by atoms with Crippen LogP contribution in [0.2, 0.25) is 0 Å². The van der Waals surface area contributed by atoms with Crippen LogP contribution in [-0.2, 0) is 0 Å². The molecule has 1 aromatic rings. The highest BCUT2D eigenvalue weighted by Crippen LogP contribution is 2.16. The van der Waals surface area contributed by atoms with Gasteiger partial charge in [-0.1, -0.05) is 6.92 Å². The SMILES string of the molecule is CCN(C)CCNC(=O)c1cc([N+](=O)[O-])cnc1N. The molecule has 0 aliphatic rings. The lowest BCUT2D eigenvalue weighted by Gasteiger charge is -2.14. The fourth-order valence-corrected chi connectivity index (χ4v) is 1.36. The van der Waals surface area contributed by atoms with Crippen LogP contribution in [-0.4, -0.2) is 47.4 Å². The van der Waals surface area contributed by atoms with Crippen LogP contribution in [0, 0.1) is 10.1 Å². The molecular weight excluding hydrogens is 250 g/mol. The largest absolute Gasteiger partial charge is 0.383 e. The van der Waals surface area contributed by atoms with Gasteiger partial charge in [-0.15, -0.1) is 0 Å². The molecule has 0 saturated carbocycles. The zero-order chi connectivity index (χ0) is 14.4. The number of aromatic nitrogens is 1. The quantitative estimate of drug-likeness (QED) is 0.564. The second-order valence-corrected chi connectivity index (χ2v) is 4.04. The van der Waals surface area contributed by atoms with Crippen molar-refractivity contribution in [2.24, 2.45) is 0 Å². The van der Waals surface area contributed by atoms with Gasteiger partial charge in [-0.25, -0.2) is 4.98 Å². The first kappa shape index (κ1) is 14.8. The van der Waals surface area contributed by atoms with Gasteiger partial charge in [-0.2, -0.15) is 0 Å². The predicted molar refractivity (Wildman–Crippen MR) is 70.8 cm³/mol. The van der Waals surface area contributed by atoms with Crippen LogP contribution in [0.15, 0.2) is 12.3 Å². The number of carbonyl (C=O) groups is 1. The molecule has 0 saturated heterocycles. The van der Waals surface area contributed by atoms with E-state index in [2.05, 4.69) is 10.3 Å². The van der Waals surface area contributed by atoms with Crippen molar-refractivity contribution >= 4 is 17.4 Å². The Kier molecular flexibility index (Phi) is 5.19. The molecule has 0 bridgehead atoms. The third-order valence-corrected chi connectivity index (χ3v) is 2.68. The van der Waals surface area contributed by atoms with E-state index in [0.29, 0.717) is 13.1 Å². The summed E-state index contributed by atoms with van der Waals surface area (Å²) in [6.45, 7) is 4.00. The van der Waals surface area contributed by atoms with Crippen molar-refractivity contribution < 1.29 is 9.72 Å². The summed E-state index contributed by atoms with van der Waals surface area (Å²) in [4.78, 5) is 27.5. The van der Waals surface area contributed by atoms with Crippen LogP contribution in [0.25, 0.3) is 0 Å². The Hall–Kier alpha value is -2.22. The Labute approximate surface area is 110 Å². The van der Waals surface area contributed by atoms with E-state index in [1.165, 1.54) is 0 Å². The van der Waals surface area contributed by atoms with E-state index < -0.39 is 10.8 Å². The maximum atomic E-state index is 11.8. The Morgan fingerprint density at radius 2 is 2.32 bits per heavy atom. The number of nitrogens with one attached hydrogen (secondary N) is 1. The van der Waals surface area contributed by atoms with Crippen LogP contribution in [0.3, 0.4) is 0 Å². The van der Waals surface area contributed by atoms with Gasteiger partial charge in [0.05, 0.1) is 10.5 Å². The molecule has 0 unspecified atom stereocenters. The summed E-state index contributed by atoms with van der Waals surface area (Å²) < 4.78 is 0. The van der Waals surface area contributed by atoms with E-state index in [0.717, 1.165) is 18.8 Å². The molecule has 0 aliphatic carbocycles. The lowest BCUT2D eigenvalue weighted by Crippen LogP contribution is -2.33. The number of carbonyl (C=O) groups excluding carboxylic acids is 1. The first-order valence-electron chi connectivity index (χ1n) is 5.82. The third kappa shape index (κ3) is 4.18. The van der Waals surface area contributed by atoms with Crippen molar-refractivity contribution in [3.05, 3.63) is 27.9 Å². The lowest BCUT2D eigenvalue weighted by molar-refractivity contribution is -0.385. The molecule has 0 fully saturated rings. The normalized spacial score (nSPS) is 10.5. The van der Waals surface area contributed by atoms with Gasteiger partial charge in [-0.05, 0) is 13.6 Å². The lowest BCUT2D eigenvalue weighted by atomic mass is 10.2. The number of pyridine rings is 1. The molecule has 3 N–H and O–H groups in total. The first-order chi connectivity index (χ1) is 8.95. The molecule has 1 aromatic heterocycles. The van der Waals surface area contributed by atoms with Crippen LogP contribution in [0.5, 0.6) is 0 Å². The molecule has 8 nitrogen and oxygen atoms in total. The van der Waals surface area contributed by atoms with Gasteiger partial charge in [-0.3, -0.25) is 14.9 Å². The molecule has 19 heavy (non-hydrogen) atoms. The van der Waals surface area contributed by atoms with Gasteiger partial charge in [0.15, 0.2) is 0 Å². The fraction of sp³-hybridized carbons (Fsp3) is 0.455. The van der Waals surface area contributed by atoms with E-state index in [-0.39, 0.29) is 17.1 Å². The smallest absolute Gasteiger partial charge is 0.288 e. The van der Waals surface area contributed by atoms with Crippen LogP contribution < -0.4 is 11.1 Å². The molecule has 0 radical (unpaired) electrons. The number of rotatable bonds is 6. The van der Waals surface area contributed by atoms with Gasteiger partial charge in [0.2, 0.25) is 0 Å². The Morgan fingerprint density at radius 1 is 1.63 bits per heavy atom. The van der Waals surface area contributed by atoms with E-state index in [1.807, 2.05) is 18.9 Å². The van der Waals surface area contributed by atoms with E-state index in [4.69, 9.17) is 5.73 Å². The summed E-state index contributed by atoms with van der Waals surface area (Å²) in [6.07, 6.45) is 1.02. The first-order valence-corrected chi connectivity index (χ1v) is 5.82. The minimum atomic E-state index is -0.617. The number of amides is 1. The summed E-state index contributed by atoms with van der Waals surface area (Å²) in [5, 5.41) is 13.3. The molecule has 0 aliphatic heterocycles. The number of nitrogen functional groups attached to an aromatic ring is 1. The molecule has 8 heteroatoms. The van der Waals surface area contributed by atoms with Crippen molar-refractivity contribution in [1.82, 2.24) is 15.2 Å². The maximum Gasteiger partial charge on any atom is 0.288 e. The number of hydrogen-bond acceptors (Lipinski definition) is 6. The number of nitro groups is 1. The number of hydrogen-bond donors (Lipinski definition) is 2. The molecule has 0 aromatic carbocycles. The topological polar surface area (TPSA) is 114 Å². The van der Waals surface area contributed by atoms with Crippen molar-refractivity contribution in [2.45, 2.75) is 6.92 Å². The summed E-state index contributed by atoms with van der Waals surface area (Å²) in [5.41, 5.74) is 5.31. The van der Waals surface area contributed by atoms with Gasteiger partial charge in [0.1, 0.15) is 12.0 Å². The monoisotopic (exact) mass is 267 g/mol. The van der Waals surface area contributed by atoms with Gasteiger partial charge in [0.25, 0.3) is 11.6 Å². The van der Waals surface area contributed by atoms with Crippen molar-refractivity contribution in [3.63, 3.8) is 0 Å². The molecule has 104 valence electrons. The Bertz CT molecular complexity index is 477. The van der Waals surface area contributed by atoms with Gasteiger partial charge in [0, 0.05) is 19.2 Å².